The van der Waals surface area contributed by atoms with E-state index in [-0.39, 0.29) is 5.91 Å². The summed E-state index contributed by atoms with van der Waals surface area (Å²) >= 11 is 0. The number of rotatable bonds is 6. The Bertz CT molecular complexity index is 642. The Morgan fingerprint density at radius 1 is 1.26 bits per heavy atom. The van der Waals surface area contributed by atoms with Gasteiger partial charge < -0.3 is 5.32 Å². The van der Waals surface area contributed by atoms with Crippen molar-refractivity contribution in [1.82, 2.24) is 10.2 Å². The number of benzene rings is 1. The lowest BCUT2D eigenvalue weighted by molar-refractivity contribution is -0.121. The summed E-state index contributed by atoms with van der Waals surface area (Å²) in [5.41, 5.74) is 1.81. The topological polar surface area (TPSA) is 57.8 Å². The second kappa shape index (κ2) is 6.99. The highest BCUT2D eigenvalue weighted by atomic mass is 16.2. The molecule has 2 N–H and O–H groups in total. The number of carbonyl (C=O) groups is 1. The molecule has 1 fully saturated rings. The molecule has 1 aliphatic carbocycles. The molecule has 1 saturated carbocycles. The fraction of sp³-hybridized carbons (Fsp3) is 0.474. The van der Waals surface area contributed by atoms with Gasteiger partial charge in [-0.25, -0.2) is 0 Å². The van der Waals surface area contributed by atoms with E-state index in [1.165, 1.54) is 0 Å². The predicted molar refractivity (Wildman–Crippen MR) is 92.4 cm³/mol. The van der Waals surface area contributed by atoms with Gasteiger partial charge in [0.1, 0.15) is 0 Å². The van der Waals surface area contributed by atoms with Crippen LogP contribution in [-0.4, -0.2) is 16.1 Å². The van der Waals surface area contributed by atoms with Gasteiger partial charge in [-0.05, 0) is 31.2 Å². The molecule has 1 aromatic carbocycles. The monoisotopic (exact) mass is 311 g/mol. The summed E-state index contributed by atoms with van der Waals surface area (Å²) in [7, 11) is 0. The highest BCUT2D eigenvalue weighted by molar-refractivity contribution is 5.98. The molecule has 4 nitrogen and oxygen atoms in total. The second-order valence-electron chi connectivity index (χ2n) is 6.49. The lowest BCUT2D eigenvalue weighted by atomic mass is 9.78. The fourth-order valence-corrected chi connectivity index (χ4v) is 3.54. The molecule has 1 amide bonds. The number of aromatic amines is 1. The van der Waals surface area contributed by atoms with Crippen LogP contribution in [0.5, 0.6) is 0 Å². The van der Waals surface area contributed by atoms with Crippen LogP contribution in [0, 0.1) is 0 Å². The first-order valence-electron chi connectivity index (χ1n) is 8.66. The standard InChI is InChI=1S/C19H25N3O/c1-2-3-11-16-14-17(22-21-16)20-18(23)19(12-7-8-13-19)15-9-5-4-6-10-15/h4-6,9-10,14H,2-3,7-8,11-13H2,1H3,(H2,20,21,22,23). The molecule has 0 saturated heterocycles. The van der Waals surface area contributed by atoms with E-state index in [9.17, 15) is 4.79 Å². The Morgan fingerprint density at radius 2 is 2.00 bits per heavy atom. The van der Waals surface area contributed by atoms with Gasteiger partial charge in [0, 0.05) is 11.8 Å². The number of nitrogens with zero attached hydrogens (tertiary/aromatic N) is 1. The average Bonchev–Trinajstić information content (AvgIpc) is 3.24. The normalized spacial score (nSPS) is 16.4. The third-order valence-electron chi connectivity index (χ3n) is 4.89. The van der Waals surface area contributed by atoms with Crippen molar-refractivity contribution in [2.24, 2.45) is 0 Å². The van der Waals surface area contributed by atoms with Crippen LogP contribution in [0.15, 0.2) is 36.4 Å². The molecule has 23 heavy (non-hydrogen) atoms. The van der Waals surface area contributed by atoms with Gasteiger partial charge in [-0.3, -0.25) is 9.89 Å². The van der Waals surface area contributed by atoms with Crippen LogP contribution < -0.4 is 5.32 Å². The largest absolute Gasteiger partial charge is 0.308 e. The Balaban J connectivity index is 1.76. The SMILES string of the molecule is CCCCc1cc(NC(=O)C2(c3ccccc3)CCCC2)n[nH]1. The molecular formula is C19H25N3O. The molecule has 3 rings (SSSR count). The van der Waals surface area contributed by atoms with Crippen molar-refractivity contribution in [1.29, 1.82) is 0 Å². The second-order valence-corrected chi connectivity index (χ2v) is 6.49. The van der Waals surface area contributed by atoms with Crippen molar-refractivity contribution >= 4 is 11.7 Å². The molecule has 122 valence electrons. The summed E-state index contributed by atoms with van der Waals surface area (Å²) in [6.45, 7) is 2.17. The van der Waals surface area contributed by atoms with Gasteiger partial charge in [0.2, 0.25) is 5.91 Å². The van der Waals surface area contributed by atoms with Crippen molar-refractivity contribution in [2.45, 2.75) is 57.3 Å². The maximum atomic E-state index is 13.0. The fourth-order valence-electron chi connectivity index (χ4n) is 3.54. The molecule has 0 radical (unpaired) electrons. The number of amides is 1. The van der Waals surface area contributed by atoms with Gasteiger partial charge in [-0.15, -0.1) is 0 Å². The molecule has 0 aliphatic heterocycles. The maximum absolute atomic E-state index is 13.0. The van der Waals surface area contributed by atoms with Gasteiger partial charge in [-0.2, -0.15) is 5.10 Å². The summed E-state index contributed by atoms with van der Waals surface area (Å²) in [6, 6.07) is 12.1. The van der Waals surface area contributed by atoms with Gasteiger partial charge in [0.25, 0.3) is 0 Å². The van der Waals surface area contributed by atoms with Crippen LogP contribution in [0.3, 0.4) is 0 Å². The molecule has 1 aliphatic rings. The van der Waals surface area contributed by atoms with Gasteiger partial charge in [0.15, 0.2) is 5.82 Å². The minimum absolute atomic E-state index is 0.0785. The maximum Gasteiger partial charge on any atom is 0.236 e. The number of aryl methyl sites for hydroxylation is 1. The van der Waals surface area contributed by atoms with Gasteiger partial charge in [0.05, 0.1) is 5.41 Å². The molecular weight excluding hydrogens is 286 g/mol. The number of unbranched alkanes of at least 4 members (excludes halogenated alkanes) is 1. The quantitative estimate of drug-likeness (QED) is 0.840. The smallest absolute Gasteiger partial charge is 0.236 e. The average molecular weight is 311 g/mol. The van der Waals surface area contributed by atoms with Gasteiger partial charge in [-0.1, -0.05) is 56.5 Å². The van der Waals surface area contributed by atoms with E-state index in [0.29, 0.717) is 5.82 Å². The molecule has 0 spiro atoms. The minimum atomic E-state index is -0.399. The zero-order valence-corrected chi connectivity index (χ0v) is 13.8. The molecule has 0 bridgehead atoms. The van der Waals surface area contributed by atoms with Crippen LogP contribution in [0.25, 0.3) is 0 Å². The molecule has 0 unspecified atom stereocenters. The van der Waals surface area contributed by atoms with Crippen molar-refractivity contribution in [3.8, 4) is 0 Å². The Morgan fingerprint density at radius 3 is 2.70 bits per heavy atom. The van der Waals surface area contributed by atoms with E-state index < -0.39 is 5.41 Å². The minimum Gasteiger partial charge on any atom is -0.308 e. The summed E-state index contributed by atoms with van der Waals surface area (Å²) in [5, 5.41) is 10.3. The van der Waals surface area contributed by atoms with E-state index in [1.807, 2.05) is 24.3 Å². The summed E-state index contributed by atoms with van der Waals surface area (Å²) in [4.78, 5) is 13.0. The van der Waals surface area contributed by atoms with Crippen molar-refractivity contribution in [2.75, 3.05) is 5.32 Å². The lowest BCUT2D eigenvalue weighted by Gasteiger charge is -2.27. The first kappa shape index (κ1) is 15.8. The first-order valence-corrected chi connectivity index (χ1v) is 8.66. The van der Waals surface area contributed by atoms with Crippen LogP contribution in [-0.2, 0) is 16.6 Å². The van der Waals surface area contributed by atoms with Crippen LogP contribution in [0.2, 0.25) is 0 Å². The Kier molecular flexibility index (Phi) is 4.79. The third-order valence-corrected chi connectivity index (χ3v) is 4.89. The number of anilines is 1. The zero-order valence-electron chi connectivity index (χ0n) is 13.8. The lowest BCUT2D eigenvalue weighted by Crippen LogP contribution is -2.38. The van der Waals surface area contributed by atoms with Gasteiger partial charge >= 0.3 is 0 Å². The predicted octanol–water partition coefficient (Wildman–Crippen LogP) is 4.20. The number of carbonyl (C=O) groups excluding carboxylic acids is 1. The highest BCUT2D eigenvalue weighted by Crippen LogP contribution is 2.41. The molecule has 2 aromatic rings. The van der Waals surface area contributed by atoms with E-state index in [0.717, 1.165) is 56.2 Å². The third kappa shape index (κ3) is 3.31. The van der Waals surface area contributed by atoms with Crippen LogP contribution in [0.4, 0.5) is 5.82 Å². The first-order chi connectivity index (χ1) is 11.2. The molecule has 4 heteroatoms. The van der Waals surface area contributed by atoms with E-state index in [2.05, 4.69) is 34.6 Å². The molecule has 1 heterocycles. The number of aromatic nitrogens is 2. The zero-order chi connectivity index (χ0) is 16.1. The molecule has 0 atom stereocenters. The Hall–Kier alpha value is -2.10. The van der Waals surface area contributed by atoms with Crippen LogP contribution >= 0.6 is 0 Å². The number of nitrogens with one attached hydrogen (secondary N) is 2. The van der Waals surface area contributed by atoms with Crippen molar-refractivity contribution in [3.63, 3.8) is 0 Å². The van der Waals surface area contributed by atoms with Crippen molar-refractivity contribution in [3.05, 3.63) is 47.7 Å². The van der Waals surface area contributed by atoms with E-state index in [4.69, 9.17) is 0 Å². The summed E-state index contributed by atoms with van der Waals surface area (Å²) < 4.78 is 0. The summed E-state index contributed by atoms with van der Waals surface area (Å²) in [5.74, 6) is 0.720. The molecule has 1 aromatic heterocycles. The van der Waals surface area contributed by atoms with Crippen molar-refractivity contribution < 1.29 is 4.79 Å². The number of H-pyrrole nitrogens is 1. The van der Waals surface area contributed by atoms with Crippen LogP contribution in [0.1, 0.15) is 56.7 Å². The Labute approximate surface area is 137 Å². The number of hydrogen-bond donors (Lipinski definition) is 2. The van der Waals surface area contributed by atoms with E-state index >= 15 is 0 Å². The number of hydrogen-bond acceptors (Lipinski definition) is 2. The highest BCUT2D eigenvalue weighted by Gasteiger charge is 2.42. The summed E-state index contributed by atoms with van der Waals surface area (Å²) in [6.07, 6.45) is 7.28. The van der Waals surface area contributed by atoms with E-state index in [1.54, 1.807) is 0 Å².